The fraction of sp³-hybridized carbons (Fsp3) is 0.286. The molecule has 1 rings (SSSR count). The van der Waals surface area contributed by atoms with Crippen LogP contribution >= 0.6 is 0 Å². The first-order valence-corrected chi connectivity index (χ1v) is 3.99. The number of nitrogens with zero attached hydrogens (tertiary/aromatic N) is 5. The summed E-state index contributed by atoms with van der Waals surface area (Å²) in [5.41, 5.74) is 5.39. The van der Waals surface area contributed by atoms with Gasteiger partial charge in [0.15, 0.2) is 0 Å². The largest absolute Gasteiger partial charge is 0.368 e. The summed E-state index contributed by atoms with van der Waals surface area (Å²) in [6.07, 6.45) is 0. The first kappa shape index (κ1) is 10.5. The lowest BCUT2D eigenvalue weighted by molar-refractivity contribution is 1.03. The first-order valence-electron chi connectivity index (χ1n) is 3.99. The van der Waals surface area contributed by atoms with Crippen molar-refractivity contribution in [1.82, 2.24) is 15.0 Å². The zero-order chi connectivity index (χ0) is 11.1. The summed E-state index contributed by atoms with van der Waals surface area (Å²) in [6.45, 7) is 0.141. The van der Waals surface area contributed by atoms with E-state index in [0.717, 1.165) is 0 Å². The van der Waals surface area contributed by atoms with Crippen molar-refractivity contribution in [2.75, 3.05) is 29.5 Å². The van der Waals surface area contributed by atoms with Crippen LogP contribution in [0.5, 0.6) is 0 Å². The van der Waals surface area contributed by atoms with Gasteiger partial charge in [-0.2, -0.15) is 25.5 Å². The number of nitriles is 2. The van der Waals surface area contributed by atoms with E-state index in [0.29, 0.717) is 0 Å². The van der Waals surface area contributed by atoms with Crippen LogP contribution in [0, 0.1) is 22.7 Å². The van der Waals surface area contributed by atoms with Gasteiger partial charge in [-0.15, -0.1) is 0 Å². The van der Waals surface area contributed by atoms with Crippen molar-refractivity contribution in [1.29, 1.82) is 10.5 Å². The van der Waals surface area contributed by atoms with Gasteiger partial charge in [-0.25, -0.2) is 0 Å². The average molecular weight is 204 g/mol. The normalized spacial score (nSPS) is 8.67. The number of rotatable bonds is 4. The molecule has 8 nitrogen and oxygen atoms in total. The van der Waals surface area contributed by atoms with E-state index < -0.39 is 0 Å². The molecule has 8 heteroatoms. The van der Waals surface area contributed by atoms with Gasteiger partial charge in [0.1, 0.15) is 13.1 Å². The average Bonchev–Trinajstić information content (AvgIpc) is 2.23. The summed E-state index contributed by atoms with van der Waals surface area (Å²) < 4.78 is 0. The van der Waals surface area contributed by atoms with E-state index >= 15 is 0 Å². The number of aromatic nitrogens is 3. The van der Waals surface area contributed by atoms with Crippen LogP contribution in [0.15, 0.2) is 0 Å². The van der Waals surface area contributed by atoms with Crippen LogP contribution in [0.1, 0.15) is 0 Å². The lowest BCUT2D eigenvalue weighted by Crippen LogP contribution is -2.11. The van der Waals surface area contributed by atoms with Gasteiger partial charge in [-0.1, -0.05) is 0 Å². The molecule has 0 unspecified atom stereocenters. The molecule has 0 bridgehead atoms. The highest BCUT2D eigenvalue weighted by Gasteiger charge is 2.02. The molecular formula is C7H8N8. The molecule has 0 fully saturated rings. The Morgan fingerprint density at radius 3 is 1.87 bits per heavy atom. The Kier molecular flexibility index (Phi) is 3.62. The smallest absolute Gasteiger partial charge is 0.230 e. The van der Waals surface area contributed by atoms with Crippen molar-refractivity contribution in [3.8, 4) is 12.1 Å². The van der Waals surface area contributed by atoms with Gasteiger partial charge >= 0.3 is 0 Å². The first-order chi connectivity index (χ1) is 7.26. The fourth-order valence-electron chi connectivity index (χ4n) is 0.788. The van der Waals surface area contributed by atoms with Crippen molar-refractivity contribution in [3.63, 3.8) is 0 Å². The third-order valence-corrected chi connectivity index (χ3v) is 1.30. The third-order valence-electron chi connectivity index (χ3n) is 1.30. The van der Waals surface area contributed by atoms with Crippen LogP contribution in [0.25, 0.3) is 0 Å². The summed E-state index contributed by atoms with van der Waals surface area (Å²) in [6, 6.07) is 3.75. The minimum Gasteiger partial charge on any atom is -0.368 e. The van der Waals surface area contributed by atoms with E-state index in [4.69, 9.17) is 16.3 Å². The topological polar surface area (TPSA) is 136 Å². The molecule has 0 saturated heterocycles. The van der Waals surface area contributed by atoms with Crippen LogP contribution in [0.3, 0.4) is 0 Å². The highest BCUT2D eigenvalue weighted by atomic mass is 15.2. The molecule has 0 radical (unpaired) electrons. The van der Waals surface area contributed by atoms with Crippen molar-refractivity contribution in [2.24, 2.45) is 0 Å². The minimum absolute atomic E-state index is 0.0193. The van der Waals surface area contributed by atoms with Gasteiger partial charge in [-0.3, -0.25) is 0 Å². The Hall–Kier alpha value is -2.61. The standard InChI is InChI=1S/C7H8N8/c8-1-3-11-6-13-5(10)14-7(15-6)12-4-2-9/h3-4H2,(H4,10,11,12,13,14,15). The maximum Gasteiger partial charge on any atom is 0.230 e. The van der Waals surface area contributed by atoms with E-state index in [2.05, 4.69) is 25.6 Å². The predicted molar refractivity (Wildman–Crippen MR) is 52.4 cm³/mol. The number of anilines is 3. The van der Waals surface area contributed by atoms with Gasteiger partial charge in [0.05, 0.1) is 12.1 Å². The summed E-state index contributed by atoms with van der Waals surface area (Å²) in [5, 5.41) is 21.9. The highest BCUT2D eigenvalue weighted by molar-refractivity contribution is 5.40. The zero-order valence-electron chi connectivity index (χ0n) is 7.73. The van der Waals surface area contributed by atoms with E-state index in [1.54, 1.807) is 0 Å². The Morgan fingerprint density at radius 2 is 1.47 bits per heavy atom. The summed E-state index contributed by atoms with van der Waals surface area (Å²) in [4.78, 5) is 11.4. The maximum atomic E-state index is 8.33. The molecule has 1 aromatic heterocycles. The van der Waals surface area contributed by atoms with E-state index in [9.17, 15) is 0 Å². The van der Waals surface area contributed by atoms with Crippen LogP contribution in [-0.2, 0) is 0 Å². The molecule has 1 aromatic rings. The lowest BCUT2D eigenvalue weighted by atomic mass is 10.7. The molecule has 0 saturated carbocycles. The molecule has 76 valence electrons. The molecule has 0 aliphatic rings. The van der Waals surface area contributed by atoms with Gasteiger partial charge in [0.25, 0.3) is 0 Å². The predicted octanol–water partition coefficient (Wildman–Crippen LogP) is -0.675. The molecular weight excluding hydrogens is 196 g/mol. The van der Waals surface area contributed by atoms with Crippen LogP contribution in [0.2, 0.25) is 0 Å². The maximum absolute atomic E-state index is 8.33. The number of nitrogen functional groups attached to an aromatic ring is 1. The van der Waals surface area contributed by atoms with Crippen molar-refractivity contribution < 1.29 is 0 Å². The second kappa shape index (κ2) is 5.19. The van der Waals surface area contributed by atoms with Crippen LogP contribution in [-0.4, -0.2) is 28.0 Å². The molecule has 0 aliphatic carbocycles. The van der Waals surface area contributed by atoms with Gasteiger partial charge in [0, 0.05) is 0 Å². The molecule has 4 N–H and O–H groups in total. The molecule has 0 spiro atoms. The molecule has 0 atom stereocenters. The molecule has 0 aliphatic heterocycles. The van der Waals surface area contributed by atoms with Gasteiger partial charge < -0.3 is 16.4 Å². The minimum atomic E-state index is 0.0193. The zero-order valence-corrected chi connectivity index (χ0v) is 7.73. The fourth-order valence-corrected chi connectivity index (χ4v) is 0.788. The Balaban J connectivity index is 2.77. The Labute approximate surface area is 85.8 Å². The van der Waals surface area contributed by atoms with Gasteiger partial charge in [-0.05, 0) is 0 Å². The summed E-state index contributed by atoms with van der Waals surface area (Å²) >= 11 is 0. The quantitative estimate of drug-likeness (QED) is 0.549. The SMILES string of the molecule is N#CCNc1nc(N)nc(NCC#N)n1. The monoisotopic (exact) mass is 204 g/mol. The molecule has 0 amide bonds. The number of nitrogens with one attached hydrogen (secondary N) is 2. The van der Waals surface area contributed by atoms with Crippen molar-refractivity contribution in [3.05, 3.63) is 0 Å². The lowest BCUT2D eigenvalue weighted by Gasteiger charge is -2.04. The van der Waals surface area contributed by atoms with E-state index in [-0.39, 0.29) is 30.9 Å². The van der Waals surface area contributed by atoms with Gasteiger partial charge in [0.2, 0.25) is 17.8 Å². The van der Waals surface area contributed by atoms with Crippen molar-refractivity contribution in [2.45, 2.75) is 0 Å². The summed E-state index contributed by atoms with van der Waals surface area (Å²) in [5.74, 6) is 0.417. The second-order valence-corrected chi connectivity index (χ2v) is 2.36. The third kappa shape index (κ3) is 3.32. The highest BCUT2D eigenvalue weighted by Crippen LogP contribution is 2.05. The van der Waals surface area contributed by atoms with E-state index in [1.807, 2.05) is 12.1 Å². The second-order valence-electron chi connectivity index (χ2n) is 2.36. The molecule has 0 aromatic carbocycles. The van der Waals surface area contributed by atoms with Crippen molar-refractivity contribution >= 4 is 17.8 Å². The Morgan fingerprint density at radius 1 is 1.00 bits per heavy atom. The Bertz CT molecular complexity index is 378. The summed E-state index contributed by atoms with van der Waals surface area (Å²) in [7, 11) is 0. The number of hydrogen-bond acceptors (Lipinski definition) is 8. The van der Waals surface area contributed by atoms with E-state index in [1.165, 1.54) is 0 Å². The number of nitrogens with two attached hydrogens (primary N) is 1. The van der Waals surface area contributed by atoms with Crippen LogP contribution in [0.4, 0.5) is 17.8 Å². The molecule has 1 heterocycles. The number of hydrogen-bond donors (Lipinski definition) is 3. The van der Waals surface area contributed by atoms with Crippen LogP contribution < -0.4 is 16.4 Å². The molecule has 15 heavy (non-hydrogen) atoms.